The third-order valence-corrected chi connectivity index (χ3v) is 9.30. The quantitative estimate of drug-likeness (QED) is 0.104. The molecule has 5 aromatic rings. The first kappa shape index (κ1) is 36.8. The van der Waals surface area contributed by atoms with E-state index in [0.29, 0.717) is 37.3 Å². The topological polar surface area (TPSA) is 125 Å². The van der Waals surface area contributed by atoms with Crippen LogP contribution in [0.25, 0.3) is 0 Å². The SMILES string of the molecule is COC(=O)C1(Oc2ccc(Oc3c(F)cnc(Oc4cc(C#N)ccc4OCc4ccccc4)c3F)c(C3=NCCN3C)c2)CCC1OCc1ccccc1. The van der Waals surface area contributed by atoms with Crippen molar-refractivity contribution in [1.29, 1.82) is 5.26 Å². The second-order valence-corrected chi connectivity index (χ2v) is 12.9. The number of likely N-dealkylation sites (N-methyl/N-ethyl adjacent to an activating group) is 1. The molecule has 0 bridgehead atoms. The van der Waals surface area contributed by atoms with E-state index in [9.17, 15) is 10.1 Å². The Bertz CT molecular complexity index is 2250. The molecular formula is C42H36F2N4O7. The summed E-state index contributed by atoms with van der Waals surface area (Å²) in [6.07, 6.45) is 1.09. The number of pyridine rings is 1. The lowest BCUT2D eigenvalue weighted by atomic mass is 9.76. The van der Waals surface area contributed by atoms with Crippen LogP contribution in [0.3, 0.4) is 0 Å². The zero-order chi connectivity index (χ0) is 38.4. The molecule has 7 rings (SSSR count). The summed E-state index contributed by atoms with van der Waals surface area (Å²) in [7, 11) is 3.12. The maximum absolute atomic E-state index is 16.2. The van der Waals surface area contributed by atoms with Crippen LogP contribution in [0.1, 0.15) is 35.1 Å². The molecule has 11 nitrogen and oxygen atoms in total. The molecule has 280 valence electrons. The highest BCUT2D eigenvalue weighted by Gasteiger charge is 2.57. The Balaban J connectivity index is 1.17. The standard InChI is InChI=1S/C42H36F2N4O7/c1-48-20-19-46-39(48)31-22-30(55-42(41(49)50-2)18-17-36(42)52-26-28-11-7-4-8-12-28)14-16-33(31)53-38-32(43)24-47-40(37(38)44)54-35-21-29(23-45)13-15-34(35)51-25-27-9-5-3-6-10-27/h3-16,21-22,24,36H,17-20,25-26H2,1-2H3. The number of methoxy groups -OCH3 is 1. The van der Waals surface area contributed by atoms with Crippen molar-refractivity contribution in [3.05, 3.63) is 137 Å². The molecule has 1 aromatic heterocycles. The highest BCUT2D eigenvalue weighted by atomic mass is 19.1. The molecule has 0 N–H and O–H groups in total. The zero-order valence-electron chi connectivity index (χ0n) is 30.0. The average molecular weight is 747 g/mol. The molecule has 4 aromatic carbocycles. The number of carbonyl (C=O) groups is 1. The Hall–Kier alpha value is -6.52. The van der Waals surface area contributed by atoms with Gasteiger partial charge in [0.05, 0.1) is 43.7 Å². The van der Waals surface area contributed by atoms with E-state index in [1.165, 1.54) is 37.4 Å². The maximum atomic E-state index is 16.2. The van der Waals surface area contributed by atoms with Gasteiger partial charge in [0.2, 0.25) is 17.2 Å². The highest BCUT2D eigenvalue weighted by molar-refractivity contribution is 6.02. The predicted molar refractivity (Wildman–Crippen MR) is 196 cm³/mol. The Morgan fingerprint density at radius 2 is 1.65 bits per heavy atom. The monoisotopic (exact) mass is 746 g/mol. The number of aliphatic imine (C=N–C) groups is 1. The molecule has 2 unspecified atom stereocenters. The van der Waals surface area contributed by atoms with Crippen molar-refractivity contribution in [2.75, 3.05) is 27.2 Å². The number of amidine groups is 1. The fraction of sp³-hybridized carbons (Fsp3) is 0.238. The largest absolute Gasteiger partial charge is 0.485 e. The van der Waals surface area contributed by atoms with Gasteiger partial charge in [0, 0.05) is 26.1 Å². The van der Waals surface area contributed by atoms with E-state index in [2.05, 4.69) is 9.98 Å². The number of hydrogen-bond donors (Lipinski definition) is 0. The zero-order valence-corrected chi connectivity index (χ0v) is 30.0. The summed E-state index contributed by atoms with van der Waals surface area (Å²) in [5, 5.41) is 9.52. The predicted octanol–water partition coefficient (Wildman–Crippen LogP) is 7.76. The maximum Gasteiger partial charge on any atom is 0.352 e. The number of aromatic nitrogens is 1. The molecule has 2 atom stereocenters. The number of nitriles is 1. The molecule has 0 saturated heterocycles. The molecule has 55 heavy (non-hydrogen) atoms. The molecule has 13 heteroatoms. The molecule has 0 spiro atoms. The molecule has 1 saturated carbocycles. The summed E-state index contributed by atoms with van der Waals surface area (Å²) in [5.74, 6) is -3.32. The number of halogens is 2. The summed E-state index contributed by atoms with van der Waals surface area (Å²) in [6, 6.07) is 30.0. The van der Waals surface area contributed by atoms with Crippen molar-refractivity contribution < 1.29 is 42.0 Å². The lowest BCUT2D eigenvalue weighted by Gasteiger charge is -2.45. The average Bonchev–Trinajstić information content (AvgIpc) is 3.64. The summed E-state index contributed by atoms with van der Waals surface area (Å²) in [5.41, 5.74) is 0.966. The second kappa shape index (κ2) is 16.2. The van der Waals surface area contributed by atoms with Crippen LogP contribution in [0.2, 0.25) is 0 Å². The van der Waals surface area contributed by atoms with Crippen LogP contribution in [0, 0.1) is 23.0 Å². The van der Waals surface area contributed by atoms with Crippen molar-refractivity contribution in [2.24, 2.45) is 4.99 Å². The molecule has 2 aliphatic rings. The van der Waals surface area contributed by atoms with Gasteiger partial charge in [-0.05, 0) is 47.9 Å². The minimum absolute atomic E-state index is 0.00959. The van der Waals surface area contributed by atoms with E-state index in [1.54, 1.807) is 6.07 Å². The minimum atomic E-state index is -1.42. The summed E-state index contributed by atoms with van der Waals surface area (Å²) in [4.78, 5) is 23.5. The van der Waals surface area contributed by atoms with E-state index in [0.717, 1.165) is 17.3 Å². The Morgan fingerprint density at radius 3 is 2.31 bits per heavy atom. The molecule has 2 heterocycles. The van der Waals surface area contributed by atoms with Crippen LogP contribution in [0.4, 0.5) is 8.78 Å². The minimum Gasteiger partial charge on any atom is -0.485 e. The van der Waals surface area contributed by atoms with Crippen LogP contribution in [-0.2, 0) is 27.5 Å². The fourth-order valence-corrected chi connectivity index (χ4v) is 6.27. The lowest BCUT2D eigenvalue weighted by Crippen LogP contribution is -2.63. The Kier molecular flexibility index (Phi) is 10.9. The van der Waals surface area contributed by atoms with Crippen molar-refractivity contribution in [3.63, 3.8) is 0 Å². The Labute approximate surface area is 316 Å². The van der Waals surface area contributed by atoms with Gasteiger partial charge in [0.25, 0.3) is 5.88 Å². The van der Waals surface area contributed by atoms with Crippen LogP contribution >= 0.6 is 0 Å². The first-order chi connectivity index (χ1) is 26.8. The number of hydrogen-bond acceptors (Lipinski definition) is 11. The number of ether oxygens (including phenoxy) is 6. The number of esters is 1. The van der Waals surface area contributed by atoms with Crippen molar-refractivity contribution in [2.45, 2.75) is 37.8 Å². The normalized spacial score (nSPS) is 17.4. The molecule has 1 fully saturated rings. The lowest BCUT2D eigenvalue weighted by molar-refractivity contribution is -0.199. The molecular weight excluding hydrogens is 710 g/mol. The van der Waals surface area contributed by atoms with Crippen LogP contribution < -0.4 is 18.9 Å². The van der Waals surface area contributed by atoms with E-state index in [-0.39, 0.29) is 41.8 Å². The van der Waals surface area contributed by atoms with Gasteiger partial charge in [0.15, 0.2) is 17.3 Å². The van der Waals surface area contributed by atoms with E-state index >= 15 is 8.78 Å². The molecule has 0 amide bonds. The van der Waals surface area contributed by atoms with Gasteiger partial charge in [-0.3, -0.25) is 4.99 Å². The van der Waals surface area contributed by atoms with Gasteiger partial charge in [-0.2, -0.15) is 9.65 Å². The molecule has 1 aliphatic carbocycles. The highest BCUT2D eigenvalue weighted by Crippen LogP contribution is 2.43. The van der Waals surface area contributed by atoms with Crippen molar-refractivity contribution in [1.82, 2.24) is 9.88 Å². The van der Waals surface area contributed by atoms with Gasteiger partial charge >= 0.3 is 5.97 Å². The van der Waals surface area contributed by atoms with Crippen molar-refractivity contribution in [3.8, 4) is 40.7 Å². The molecule has 1 aliphatic heterocycles. The number of carbonyl (C=O) groups excluding carboxylic acids is 1. The summed E-state index contributed by atoms with van der Waals surface area (Å²) >= 11 is 0. The third-order valence-electron chi connectivity index (χ3n) is 9.30. The summed E-state index contributed by atoms with van der Waals surface area (Å²) in [6.45, 7) is 1.51. The van der Waals surface area contributed by atoms with Gasteiger partial charge < -0.3 is 33.3 Å². The van der Waals surface area contributed by atoms with Crippen LogP contribution in [-0.4, -0.2) is 60.6 Å². The number of benzene rings is 4. The summed E-state index contributed by atoms with van der Waals surface area (Å²) < 4.78 is 67.0. The second-order valence-electron chi connectivity index (χ2n) is 12.9. The van der Waals surface area contributed by atoms with Crippen LogP contribution in [0.15, 0.2) is 108 Å². The first-order valence-corrected chi connectivity index (χ1v) is 17.5. The number of rotatable bonds is 14. The molecule has 0 radical (unpaired) electrons. The van der Waals surface area contributed by atoms with Gasteiger partial charge in [-0.1, -0.05) is 60.7 Å². The first-order valence-electron chi connectivity index (χ1n) is 17.5. The van der Waals surface area contributed by atoms with Crippen molar-refractivity contribution >= 4 is 11.8 Å². The number of nitrogens with zero attached hydrogens (tertiary/aromatic N) is 4. The smallest absolute Gasteiger partial charge is 0.352 e. The van der Waals surface area contributed by atoms with Crippen LogP contribution in [0.5, 0.6) is 34.6 Å². The third kappa shape index (κ3) is 7.90. The van der Waals surface area contributed by atoms with Gasteiger partial charge in [-0.15, -0.1) is 0 Å². The fourth-order valence-electron chi connectivity index (χ4n) is 6.27. The van der Waals surface area contributed by atoms with Gasteiger partial charge in [0.1, 0.15) is 30.0 Å². The Morgan fingerprint density at radius 1 is 0.927 bits per heavy atom. The van der Waals surface area contributed by atoms with E-state index < -0.39 is 40.9 Å². The van der Waals surface area contributed by atoms with Gasteiger partial charge in [-0.25, -0.2) is 14.2 Å². The van der Waals surface area contributed by atoms with E-state index in [1.807, 2.05) is 78.7 Å². The van der Waals surface area contributed by atoms with E-state index in [4.69, 9.17) is 28.4 Å².